The molecule has 0 saturated heterocycles. The largest absolute Gasteiger partial charge is 0.505 e. The third-order valence-corrected chi connectivity index (χ3v) is 13.5. The van der Waals surface area contributed by atoms with E-state index in [0.717, 1.165) is 38.5 Å². The van der Waals surface area contributed by atoms with Crippen molar-refractivity contribution in [2.24, 2.45) is 0 Å². The number of hydrogen-bond donors (Lipinski definition) is 7. The Hall–Kier alpha value is -2.86. The minimum Gasteiger partial charge on any atom is -0.505 e. The lowest BCUT2D eigenvalue weighted by Crippen LogP contribution is -2.31. The summed E-state index contributed by atoms with van der Waals surface area (Å²) in [5.74, 6) is -4.74. The molecule has 0 fully saturated rings. The van der Waals surface area contributed by atoms with Crippen LogP contribution in [0.1, 0.15) is 329 Å². The first-order valence-electron chi connectivity index (χ1n) is 30.2. The molecule has 0 aromatic rings. The zero-order valence-corrected chi connectivity index (χ0v) is 47.0. The van der Waals surface area contributed by atoms with Gasteiger partial charge in [0.2, 0.25) is 5.76 Å². The van der Waals surface area contributed by atoms with E-state index in [2.05, 4.69) is 25.5 Å². The van der Waals surface area contributed by atoms with E-state index < -0.39 is 54.2 Å². The molecular weight excluding hydrogens is 913 g/mol. The van der Waals surface area contributed by atoms with Crippen LogP contribution in [-0.2, 0) is 23.9 Å². The molecule has 0 spiro atoms. The highest BCUT2D eigenvalue weighted by atomic mass is 16.6. The van der Waals surface area contributed by atoms with E-state index in [4.69, 9.17) is 35.7 Å². The molecule has 12 heteroatoms. The molecule has 12 nitrogen and oxygen atoms in total. The molecule has 72 heavy (non-hydrogen) atoms. The first-order valence-corrected chi connectivity index (χ1v) is 30.2. The molecule has 0 unspecified atom stereocenters. The number of unbranched alkanes of at least 4 members (excludes halogenated alkanes) is 42. The van der Waals surface area contributed by atoms with Crippen LogP contribution in [0, 0.1) is 0 Å². The number of hydrogen-bond acceptors (Lipinski definition) is 9. The van der Waals surface area contributed by atoms with Crippen molar-refractivity contribution in [3.05, 3.63) is 11.5 Å². The van der Waals surface area contributed by atoms with E-state index in [1.165, 1.54) is 250 Å². The number of aliphatic carboxylic acids is 3. The third kappa shape index (κ3) is 59.7. The van der Waals surface area contributed by atoms with Gasteiger partial charge in [-0.1, -0.05) is 290 Å². The van der Waals surface area contributed by atoms with Gasteiger partial charge in [0.05, 0.1) is 6.61 Å². The van der Waals surface area contributed by atoms with Crippen molar-refractivity contribution >= 4 is 23.9 Å². The minimum absolute atomic E-state index is 0.345. The Labute approximate surface area is 441 Å². The lowest BCUT2D eigenvalue weighted by atomic mass is 10.0. The zero-order chi connectivity index (χ0) is 54.0. The standard InChI is InChI=1S/3C18H36O2.C6H8O6/c3*1-2-3-4-5-6-7-8-9-10-11-12-13-14-15-16-17-18(19)20;7-1-2(8)5-3(9)4(10)6(11)12-5/h3*2-17H2,1H3,(H,19,20);2,5,7-10H,1H2/t;;;2-,5+/m...0/s1. The topological polar surface area (TPSA) is 219 Å². The van der Waals surface area contributed by atoms with Crippen LogP contribution in [0.2, 0.25) is 0 Å². The number of carboxylic acid groups (broad SMARTS) is 3. The Kier molecular flexibility index (Phi) is 61.9. The molecule has 0 aromatic heterocycles. The number of esters is 1. The van der Waals surface area contributed by atoms with Crippen molar-refractivity contribution in [1.29, 1.82) is 0 Å². The van der Waals surface area contributed by atoms with Crippen LogP contribution in [-0.4, -0.2) is 78.4 Å². The summed E-state index contributed by atoms with van der Waals surface area (Å²) in [6.07, 6.45) is 57.8. The first kappa shape index (κ1) is 73.4. The Bertz CT molecular complexity index is 1100. The van der Waals surface area contributed by atoms with Crippen molar-refractivity contribution < 1.29 is 59.7 Å². The van der Waals surface area contributed by atoms with Crippen LogP contribution in [0.15, 0.2) is 11.5 Å². The molecule has 0 saturated carbocycles. The second-order valence-electron chi connectivity index (χ2n) is 20.6. The number of carbonyl (C=O) groups is 4. The number of aliphatic hydroxyl groups excluding tert-OH is 4. The van der Waals surface area contributed by atoms with Crippen LogP contribution >= 0.6 is 0 Å². The van der Waals surface area contributed by atoms with Crippen molar-refractivity contribution in [2.75, 3.05) is 6.61 Å². The first-order chi connectivity index (χ1) is 34.9. The average Bonchev–Trinajstić information content (AvgIpc) is 3.62. The molecular formula is C60H116O12. The van der Waals surface area contributed by atoms with E-state index in [-0.39, 0.29) is 0 Å². The second-order valence-corrected chi connectivity index (χ2v) is 20.6. The lowest BCUT2D eigenvalue weighted by molar-refractivity contribution is -0.147. The van der Waals surface area contributed by atoms with Crippen molar-refractivity contribution in [2.45, 2.75) is 341 Å². The Morgan fingerprint density at radius 2 is 0.556 bits per heavy atom. The summed E-state index contributed by atoms with van der Waals surface area (Å²) >= 11 is 0. The van der Waals surface area contributed by atoms with E-state index in [1.807, 2.05) is 0 Å². The molecule has 1 heterocycles. The number of ether oxygens (including phenoxy) is 1. The summed E-state index contributed by atoms with van der Waals surface area (Å²) in [6.45, 7) is 6.14. The van der Waals surface area contributed by atoms with Gasteiger partial charge < -0.3 is 40.5 Å². The maximum atomic E-state index is 10.5. The smallest absolute Gasteiger partial charge is 0.377 e. The number of carbonyl (C=O) groups excluding carboxylic acids is 1. The van der Waals surface area contributed by atoms with Crippen LogP contribution in [0.3, 0.4) is 0 Å². The van der Waals surface area contributed by atoms with E-state index in [1.54, 1.807) is 0 Å². The van der Waals surface area contributed by atoms with E-state index in [9.17, 15) is 19.2 Å². The molecule has 1 aliphatic rings. The molecule has 0 bridgehead atoms. The fourth-order valence-electron chi connectivity index (χ4n) is 8.77. The summed E-state index contributed by atoms with van der Waals surface area (Å²) in [6, 6.07) is 0. The molecule has 1 aliphatic heterocycles. The predicted octanol–water partition coefficient (Wildman–Crippen LogP) is 17.6. The molecule has 2 atom stereocenters. The summed E-state index contributed by atoms with van der Waals surface area (Å²) in [5, 5.41) is 60.6. The number of carboxylic acids is 3. The molecule has 0 aromatic carbocycles. The summed E-state index contributed by atoms with van der Waals surface area (Å²) in [5.41, 5.74) is 0. The highest BCUT2D eigenvalue weighted by molar-refractivity contribution is 5.89. The Morgan fingerprint density at radius 3 is 0.694 bits per heavy atom. The van der Waals surface area contributed by atoms with Crippen LogP contribution < -0.4 is 0 Å². The van der Waals surface area contributed by atoms with Gasteiger partial charge >= 0.3 is 23.9 Å². The highest BCUT2D eigenvalue weighted by Gasteiger charge is 2.38. The number of rotatable bonds is 50. The summed E-state index contributed by atoms with van der Waals surface area (Å²) in [7, 11) is 0. The van der Waals surface area contributed by atoms with Crippen LogP contribution in [0.25, 0.3) is 0 Å². The summed E-state index contributed by atoms with van der Waals surface area (Å²) in [4.78, 5) is 41.5. The predicted molar refractivity (Wildman–Crippen MR) is 297 cm³/mol. The normalized spacial score (nSPS) is 13.3. The van der Waals surface area contributed by atoms with Gasteiger partial charge in [-0.05, 0) is 19.3 Å². The Morgan fingerprint density at radius 1 is 0.375 bits per heavy atom. The fraction of sp³-hybridized carbons (Fsp3) is 0.900. The SMILES string of the molecule is CCCCCCCCCCCCCCCCCC(=O)O.CCCCCCCCCCCCCCCCCC(=O)O.CCCCCCCCCCCCCCCCCC(=O)O.O=C1O[C@H]([C@@H](O)CO)C(O)=C1O. The Balaban J connectivity index is -0.000000894. The second kappa shape index (κ2) is 60.7. The molecule has 1 rings (SSSR count). The van der Waals surface area contributed by atoms with Gasteiger partial charge in [0, 0.05) is 19.3 Å². The zero-order valence-electron chi connectivity index (χ0n) is 47.0. The highest BCUT2D eigenvalue weighted by Crippen LogP contribution is 2.21. The third-order valence-electron chi connectivity index (χ3n) is 13.5. The average molecular weight is 1030 g/mol. The van der Waals surface area contributed by atoms with Crippen LogP contribution in [0.5, 0.6) is 0 Å². The maximum Gasteiger partial charge on any atom is 0.377 e. The van der Waals surface area contributed by atoms with Gasteiger partial charge in [0.15, 0.2) is 11.9 Å². The van der Waals surface area contributed by atoms with Gasteiger partial charge in [0.25, 0.3) is 0 Å². The van der Waals surface area contributed by atoms with Crippen molar-refractivity contribution in [1.82, 2.24) is 0 Å². The van der Waals surface area contributed by atoms with Crippen molar-refractivity contribution in [3.63, 3.8) is 0 Å². The molecule has 0 aliphatic carbocycles. The fourth-order valence-corrected chi connectivity index (χ4v) is 8.77. The van der Waals surface area contributed by atoms with Crippen LogP contribution in [0.4, 0.5) is 0 Å². The summed E-state index contributed by atoms with van der Waals surface area (Å²) < 4.78 is 4.32. The van der Waals surface area contributed by atoms with Gasteiger partial charge in [-0.2, -0.15) is 0 Å². The van der Waals surface area contributed by atoms with Gasteiger partial charge in [0.1, 0.15) is 6.10 Å². The number of aliphatic hydroxyl groups is 4. The van der Waals surface area contributed by atoms with E-state index in [0.29, 0.717) is 19.3 Å². The van der Waals surface area contributed by atoms with Gasteiger partial charge in [-0.15, -0.1) is 0 Å². The maximum absolute atomic E-state index is 10.5. The minimum atomic E-state index is -1.42. The van der Waals surface area contributed by atoms with Gasteiger partial charge in [-0.3, -0.25) is 14.4 Å². The molecule has 428 valence electrons. The number of cyclic esters (lactones) is 1. The molecule has 7 N–H and O–H groups in total. The monoisotopic (exact) mass is 1030 g/mol. The van der Waals surface area contributed by atoms with E-state index >= 15 is 0 Å². The van der Waals surface area contributed by atoms with Gasteiger partial charge in [-0.25, -0.2) is 4.79 Å². The molecule has 0 amide bonds. The lowest BCUT2D eigenvalue weighted by Gasteiger charge is -2.13. The van der Waals surface area contributed by atoms with Crippen molar-refractivity contribution in [3.8, 4) is 0 Å². The quantitative estimate of drug-likeness (QED) is 0.0224. The molecule has 0 radical (unpaired) electrons.